The number of rotatable bonds is 8. The molecule has 6 rings (SSSR count). The monoisotopic (exact) mass is 564 g/mol. The van der Waals surface area contributed by atoms with Gasteiger partial charge in [-0.2, -0.15) is 5.10 Å². The summed E-state index contributed by atoms with van der Waals surface area (Å²) in [6, 6.07) is 19.8. The first-order valence-corrected chi connectivity index (χ1v) is 13.5. The van der Waals surface area contributed by atoms with E-state index in [9.17, 15) is 14.4 Å². The first kappa shape index (κ1) is 26.7. The summed E-state index contributed by atoms with van der Waals surface area (Å²) in [5.74, 6) is -0.0532. The summed E-state index contributed by atoms with van der Waals surface area (Å²) in [5.41, 5.74) is 4.04. The highest BCUT2D eigenvalue weighted by atomic mass is 16.5. The Hall–Kier alpha value is -5.52. The second-order valence-corrected chi connectivity index (χ2v) is 10.0. The zero-order chi connectivity index (χ0) is 29.1. The minimum atomic E-state index is -0.937. The Morgan fingerprint density at radius 1 is 1.05 bits per heavy atom. The van der Waals surface area contributed by atoms with Gasteiger partial charge in [0.2, 0.25) is 11.7 Å². The largest absolute Gasteiger partial charge is 0.489 e. The summed E-state index contributed by atoms with van der Waals surface area (Å²) in [4.78, 5) is 44.5. The molecule has 3 amide bonds. The molecule has 42 heavy (non-hydrogen) atoms. The van der Waals surface area contributed by atoms with Crippen molar-refractivity contribution in [3.63, 3.8) is 0 Å². The number of carbonyl (C=O) groups is 3. The number of aromatic nitrogens is 5. The van der Waals surface area contributed by atoms with E-state index < -0.39 is 11.9 Å². The van der Waals surface area contributed by atoms with Gasteiger partial charge in [-0.05, 0) is 47.9 Å². The summed E-state index contributed by atoms with van der Waals surface area (Å²) >= 11 is 0. The SMILES string of the molecule is CN1C(=O)[C@@H](NC(=O)c2n[nH]c(Cc3ccccc3)n2)COc2ccc(CCC(=O)Nc3ccc4[nH]ncc4c3)cc21. The number of aromatic amines is 2. The molecule has 5 aromatic rings. The number of aryl methyl sites for hydroxylation is 1. The topological polar surface area (TPSA) is 158 Å². The number of hydrogen-bond acceptors (Lipinski definition) is 7. The molecular formula is C30H28N8O4. The van der Waals surface area contributed by atoms with Crippen molar-refractivity contribution in [3.8, 4) is 5.75 Å². The van der Waals surface area contributed by atoms with Crippen molar-refractivity contribution in [2.75, 3.05) is 23.9 Å². The van der Waals surface area contributed by atoms with Crippen LogP contribution in [0.3, 0.4) is 0 Å². The van der Waals surface area contributed by atoms with Crippen molar-refractivity contribution in [2.45, 2.75) is 25.3 Å². The van der Waals surface area contributed by atoms with E-state index in [1.807, 2.05) is 60.7 Å². The molecule has 0 fully saturated rings. The number of benzene rings is 3. The van der Waals surface area contributed by atoms with Gasteiger partial charge in [-0.3, -0.25) is 24.6 Å². The number of likely N-dealkylation sites (N-methyl/N-ethyl adjacent to an activating group) is 1. The molecule has 0 unspecified atom stereocenters. The van der Waals surface area contributed by atoms with Crippen LogP contribution in [-0.2, 0) is 22.4 Å². The lowest BCUT2D eigenvalue weighted by molar-refractivity contribution is -0.120. The predicted molar refractivity (Wildman–Crippen MR) is 155 cm³/mol. The molecule has 3 aromatic carbocycles. The van der Waals surface area contributed by atoms with Gasteiger partial charge >= 0.3 is 0 Å². The molecular weight excluding hydrogens is 536 g/mol. The van der Waals surface area contributed by atoms with Crippen LogP contribution in [0.2, 0.25) is 0 Å². The summed E-state index contributed by atoms with van der Waals surface area (Å²) in [6.07, 6.45) is 2.91. The lowest BCUT2D eigenvalue weighted by atomic mass is 10.1. The molecule has 1 atom stereocenters. The van der Waals surface area contributed by atoms with Gasteiger partial charge in [0.15, 0.2) is 0 Å². The maximum Gasteiger partial charge on any atom is 0.291 e. The Morgan fingerprint density at radius 3 is 2.76 bits per heavy atom. The number of fused-ring (bicyclic) bond motifs is 2. The Morgan fingerprint density at radius 2 is 1.90 bits per heavy atom. The summed E-state index contributed by atoms with van der Waals surface area (Å²) in [7, 11) is 1.63. The van der Waals surface area contributed by atoms with E-state index >= 15 is 0 Å². The fourth-order valence-corrected chi connectivity index (χ4v) is 4.79. The van der Waals surface area contributed by atoms with E-state index in [-0.39, 0.29) is 30.7 Å². The average molecular weight is 565 g/mol. The Balaban J connectivity index is 1.06. The van der Waals surface area contributed by atoms with E-state index in [0.29, 0.717) is 35.8 Å². The van der Waals surface area contributed by atoms with Gasteiger partial charge in [-0.15, -0.1) is 5.10 Å². The third-order valence-electron chi connectivity index (χ3n) is 7.04. The Kier molecular flexibility index (Phi) is 7.33. The molecule has 0 aliphatic carbocycles. The van der Waals surface area contributed by atoms with E-state index in [1.165, 1.54) is 4.90 Å². The van der Waals surface area contributed by atoms with Crippen LogP contribution in [-0.4, -0.2) is 62.8 Å². The summed E-state index contributed by atoms with van der Waals surface area (Å²) in [5, 5.41) is 20.2. The van der Waals surface area contributed by atoms with Gasteiger partial charge in [0.25, 0.3) is 11.8 Å². The van der Waals surface area contributed by atoms with Crippen LogP contribution in [0.1, 0.15) is 34.0 Å². The molecule has 0 radical (unpaired) electrons. The minimum Gasteiger partial charge on any atom is -0.489 e. The first-order valence-electron chi connectivity index (χ1n) is 13.5. The zero-order valence-corrected chi connectivity index (χ0v) is 22.8. The second-order valence-electron chi connectivity index (χ2n) is 10.0. The minimum absolute atomic E-state index is 0.0496. The van der Waals surface area contributed by atoms with Crippen LogP contribution in [0.25, 0.3) is 10.9 Å². The van der Waals surface area contributed by atoms with Crippen molar-refractivity contribution >= 4 is 40.0 Å². The van der Waals surface area contributed by atoms with Crippen LogP contribution < -0.4 is 20.3 Å². The molecule has 12 heteroatoms. The summed E-state index contributed by atoms with van der Waals surface area (Å²) in [6.45, 7) is -0.0496. The zero-order valence-electron chi connectivity index (χ0n) is 22.8. The second kappa shape index (κ2) is 11.5. The van der Waals surface area contributed by atoms with Gasteiger partial charge in [-0.1, -0.05) is 36.4 Å². The molecule has 3 heterocycles. The molecule has 1 aliphatic heterocycles. The van der Waals surface area contributed by atoms with E-state index in [0.717, 1.165) is 22.0 Å². The number of nitrogens with one attached hydrogen (secondary N) is 4. The highest BCUT2D eigenvalue weighted by Gasteiger charge is 2.31. The maximum atomic E-state index is 13.3. The third kappa shape index (κ3) is 5.82. The fourth-order valence-electron chi connectivity index (χ4n) is 4.79. The van der Waals surface area contributed by atoms with Crippen LogP contribution in [0.15, 0.2) is 72.9 Å². The number of anilines is 2. The van der Waals surface area contributed by atoms with Crippen LogP contribution in [0.4, 0.5) is 11.4 Å². The Bertz CT molecular complexity index is 1760. The number of carbonyl (C=O) groups excluding carboxylic acids is 3. The molecule has 1 aliphatic rings. The lowest BCUT2D eigenvalue weighted by Gasteiger charge is -2.20. The van der Waals surface area contributed by atoms with Gasteiger partial charge < -0.3 is 20.3 Å². The number of H-pyrrole nitrogens is 2. The van der Waals surface area contributed by atoms with E-state index in [1.54, 1.807) is 19.3 Å². The molecule has 0 spiro atoms. The normalized spacial score (nSPS) is 14.6. The van der Waals surface area contributed by atoms with Crippen LogP contribution >= 0.6 is 0 Å². The number of ether oxygens (including phenoxy) is 1. The standard InChI is InChI=1S/C30H28N8O4/c1-38-24-13-19(8-12-27(39)32-21-9-10-22-20(15-21)16-31-35-22)7-11-25(24)42-17-23(30(38)41)33-29(40)28-34-26(36-37-28)14-18-5-3-2-4-6-18/h2-7,9-11,13,15-16,23H,8,12,14,17H2,1H3,(H,31,35)(H,32,39)(H,33,40)(H,34,36,37)/t23-/m0/s1. The maximum absolute atomic E-state index is 13.3. The molecule has 0 saturated carbocycles. The van der Waals surface area contributed by atoms with Crippen LogP contribution in [0.5, 0.6) is 5.75 Å². The first-order chi connectivity index (χ1) is 20.4. The molecule has 12 nitrogen and oxygen atoms in total. The Labute approximate surface area is 240 Å². The van der Waals surface area contributed by atoms with E-state index in [2.05, 4.69) is 36.0 Å². The third-order valence-corrected chi connectivity index (χ3v) is 7.04. The fraction of sp³-hybridized carbons (Fsp3) is 0.200. The van der Waals surface area contributed by atoms with Crippen molar-refractivity contribution in [1.29, 1.82) is 0 Å². The van der Waals surface area contributed by atoms with Gasteiger partial charge in [0.1, 0.15) is 24.2 Å². The van der Waals surface area contributed by atoms with Crippen molar-refractivity contribution < 1.29 is 19.1 Å². The summed E-state index contributed by atoms with van der Waals surface area (Å²) < 4.78 is 5.90. The van der Waals surface area contributed by atoms with Gasteiger partial charge in [0.05, 0.1) is 17.4 Å². The van der Waals surface area contributed by atoms with Crippen molar-refractivity contribution in [2.24, 2.45) is 0 Å². The predicted octanol–water partition coefficient (Wildman–Crippen LogP) is 3.00. The van der Waals surface area contributed by atoms with E-state index in [4.69, 9.17) is 4.74 Å². The van der Waals surface area contributed by atoms with Gasteiger partial charge in [0, 0.05) is 31.0 Å². The highest BCUT2D eigenvalue weighted by Crippen LogP contribution is 2.32. The van der Waals surface area contributed by atoms with Crippen molar-refractivity contribution in [1.82, 2.24) is 30.7 Å². The quantitative estimate of drug-likeness (QED) is 0.226. The lowest BCUT2D eigenvalue weighted by Crippen LogP contribution is -2.49. The molecule has 212 valence electrons. The van der Waals surface area contributed by atoms with Crippen molar-refractivity contribution in [3.05, 3.63) is 95.7 Å². The van der Waals surface area contributed by atoms with Gasteiger partial charge in [-0.25, -0.2) is 4.98 Å². The number of hydrogen-bond donors (Lipinski definition) is 4. The average Bonchev–Trinajstić information content (AvgIpc) is 3.65. The number of nitrogens with zero attached hydrogens (tertiary/aromatic N) is 4. The molecule has 4 N–H and O–H groups in total. The molecule has 0 bridgehead atoms. The smallest absolute Gasteiger partial charge is 0.291 e. The highest BCUT2D eigenvalue weighted by molar-refractivity contribution is 6.02. The van der Waals surface area contributed by atoms with Crippen LogP contribution in [0, 0.1) is 0 Å². The number of amides is 3. The molecule has 2 aromatic heterocycles. The molecule has 0 saturated heterocycles.